The van der Waals surface area contributed by atoms with Gasteiger partial charge in [-0.3, -0.25) is 9.59 Å². The second kappa shape index (κ2) is 6.64. The number of nitrogens with zero attached hydrogens (tertiary/aromatic N) is 4. The van der Waals surface area contributed by atoms with Gasteiger partial charge in [-0.05, 0) is 37.0 Å². The van der Waals surface area contributed by atoms with E-state index in [2.05, 4.69) is 10.3 Å². The van der Waals surface area contributed by atoms with E-state index in [9.17, 15) is 9.59 Å². The number of benzene rings is 1. The monoisotopic (exact) mass is 349 g/mol. The third-order valence-electron chi connectivity index (χ3n) is 4.92. The number of amides is 2. The molecule has 0 spiro atoms. The third-order valence-corrected chi connectivity index (χ3v) is 4.92. The molecule has 1 N–H and O–H groups in total. The molecule has 132 valence electrons. The quantitative estimate of drug-likeness (QED) is 0.905. The van der Waals surface area contributed by atoms with Crippen molar-refractivity contribution in [2.24, 2.45) is 5.92 Å². The number of carbonyl (C=O) groups excluding carboxylic acids is 2. The Morgan fingerprint density at radius 2 is 2.19 bits per heavy atom. The summed E-state index contributed by atoms with van der Waals surface area (Å²) in [6.45, 7) is 1.37. The van der Waals surface area contributed by atoms with E-state index in [0.29, 0.717) is 30.1 Å². The minimum Gasteiger partial charge on any atom is -0.354 e. The normalized spacial score (nSPS) is 18.7. The molecule has 2 amide bonds. The van der Waals surface area contributed by atoms with Gasteiger partial charge in [0.2, 0.25) is 5.91 Å². The molecular formula is C19H19N5O2. The molecule has 1 atom stereocenters. The average Bonchev–Trinajstić information content (AvgIpc) is 3.39. The number of carbonyl (C=O) groups is 2. The second-order valence-corrected chi connectivity index (χ2v) is 6.87. The van der Waals surface area contributed by atoms with Crippen LogP contribution in [0.5, 0.6) is 0 Å². The molecule has 2 aromatic rings. The number of fused-ring (bicyclic) bond motifs is 1. The second-order valence-electron chi connectivity index (χ2n) is 6.87. The van der Waals surface area contributed by atoms with Crippen LogP contribution in [0.2, 0.25) is 0 Å². The number of nitrogens with one attached hydrogen (secondary N) is 1. The molecule has 0 bridgehead atoms. The zero-order chi connectivity index (χ0) is 18.1. The lowest BCUT2D eigenvalue weighted by Crippen LogP contribution is -2.46. The van der Waals surface area contributed by atoms with Crippen molar-refractivity contribution in [2.45, 2.75) is 25.4 Å². The van der Waals surface area contributed by atoms with E-state index in [1.165, 1.54) is 12.8 Å². The lowest BCUT2D eigenvalue weighted by atomic mass is 10.1. The molecule has 2 aliphatic rings. The fourth-order valence-corrected chi connectivity index (χ4v) is 3.24. The van der Waals surface area contributed by atoms with Crippen LogP contribution in [0, 0.1) is 17.2 Å². The van der Waals surface area contributed by atoms with Crippen LogP contribution in [0.1, 0.15) is 40.5 Å². The molecule has 1 fully saturated rings. The van der Waals surface area contributed by atoms with Crippen molar-refractivity contribution in [3.8, 4) is 6.07 Å². The van der Waals surface area contributed by atoms with Gasteiger partial charge in [0.15, 0.2) is 0 Å². The van der Waals surface area contributed by atoms with Gasteiger partial charge in [0.1, 0.15) is 6.04 Å². The highest BCUT2D eigenvalue weighted by Crippen LogP contribution is 2.28. The number of nitriles is 1. The Balaban J connectivity index is 1.55. The number of hydrogen-bond acceptors (Lipinski definition) is 4. The van der Waals surface area contributed by atoms with Gasteiger partial charge in [-0.25, -0.2) is 4.98 Å². The van der Waals surface area contributed by atoms with E-state index >= 15 is 0 Å². The topological polar surface area (TPSA) is 91.0 Å². The summed E-state index contributed by atoms with van der Waals surface area (Å²) < 4.78 is 1.84. The first-order valence-electron chi connectivity index (χ1n) is 8.73. The molecule has 0 radical (unpaired) electrons. The van der Waals surface area contributed by atoms with Gasteiger partial charge >= 0.3 is 0 Å². The van der Waals surface area contributed by atoms with Crippen molar-refractivity contribution in [2.75, 3.05) is 13.1 Å². The molecule has 4 rings (SSSR count). The molecule has 0 saturated heterocycles. The number of aromatic nitrogens is 2. The Bertz CT molecular complexity index is 893. The maximum absolute atomic E-state index is 12.9. The van der Waals surface area contributed by atoms with Crippen LogP contribution >= 0.6 is 0 Å². The van der Waals surface area contributed by atoms with Gasteiger partial charge in [0, 0.05) is 18.3 Å². The van der Waals surface area contributed by atoms with Crippen LogP contribution in [0.25, 0.3) is 0 Å². The van der Waals surface area contributed by atoms with E-state index in [1.807, 2.05) is 10.6 Å². The highest BCUT2D eigenvalue weighted by molar-refractivity contribution is 5.95. The van der Waals surface area contributed by atoms with Crippen molar-refractivity contribution in [1.29, 1.82) is 5.26 Å². The minimum atomic E-state index is -0.483. The fraction of sp³-hybridized carbons (Fsp3) is 0.368. The van der Waals surface area contributed by atoms with Gasteiger partial charge in [0.25, 0.3) is 5.91 Å². The molecule has 7 heteroatoms. The molecule has 1 aliphatic carbocycles. The van der Waals surface area contributed by atoms with Crippen LogP contribution in [-0.2, 0) is 11.3 Å². The van der Waals surface area contributed by atoms with Gasteiger partial charge in [-0.1, -0.05) is 6.07 Å². The Kier molecular flexibility index (Phi) is 4.17. The molecule has 7 nitrogen and oxygen atoms in total. The first-order chi connectivity index (χ1) is 12.7. The summed E-state index contributed by atoms with van der Waals surface area (Å²) in [5.41, 5.74) is 1.72. The summed E-state index contributed by atoms with van der Waals surface area (Å²) in [7, 11) is 0. The van der Waals surface area contributed by atoms with Gasteiger partial charge in [0.05, 0.1) is 36.7 Å². The van der Waals surface area contributed by atoms with Crippen LogP contribution in [-0.4, -0.2) is 39.4 Å². The Morgan fingerprint density at radius 3 is 2.96 bits per heavy atom. The third kappa shape index (κ3) is 3.18. The largest absolute Gasteiger partial charge is 0.354 e. The van der Waals surface area contributed by atoms with Crippen LogP contribution in [0.3, 0.4) is 0 Å². The van der Waals surface area contributed by atoms with E-state index in [0.717, 1.165) is 5.69 Å². The van der Waals surface area contributed by atoms with Crippen LogP contribution in [0.4, 0.5) is 0 Å². The Morgan fingerprint density at radius 1 is 1.35 bits per heavy atom. The van der Waals surface area contributed by atoms with Gasteiger partial charge in [-0.2, -0.15) is 5.26 Å². The van der Waals surface area contributed by atoms with E-state index in [1.54, 1.807) is 41.7 Å². The maximum Gasteiger partial charge on any atom is 0.254 e. The van der Waals surface area contributed by atoms with E-state index < -0.39 is 6.04 Å². The number of rotatable bonds is 4. The lowest BCUT2D eigenvalue weighted by molar-refractivity contribution is -0.125. The van der Waals surface area contributed by atoms with E-state index in [4.69, 9.17) is 5.26 Å². The van der Waals surface area contributed by atoms with E-state index in [-0.39, 0.29) is 18.4 Å². The molecule has 1 unspecified atom stereocenters. The van der Waals surface area contributed by atoms with Crippen LogP contribution in [0.15, 0.2) is 36.8 Å². The summed E-state index contributed by atoms with van der Waals surface area (Å²) >= 11 is 0. The van der Waals surface area contributed by atoms with Crippen molar-refractivity contribution in [1.82, 2.24) is 19.8 Å². The van der Waals surface area contributed by atoms with Gasteiger partial charge in [-0.15, -0.1) is 0 Å². The predicted octanol–water partition coefficient (Wildman–Crippen LogP) is 1.48. The molecule has 1 saturated carbocycles. The first kappa shape index (κ1) is 16.3. The zero-order valence-corrected chi connectivity index (χ0v) is 14.3. The molecule has 2 heterocycles. The minimum absolute atomic E-state index is 0.0839. The summed E-state index contributed by atoms with van der Waals surface area (Å²) in [5, 5.41) is 12.0. The molecule has 1 aromatic heterocycles. The Labute approximate surface area is 151 Å². The highest BCUT2D eigenvalue weighted by atomic mass is 16.2. The molecular weight excluding hydrogens is 330 g/mol. The zero-order valence-electron chi connectivity index (χ0n) is 14.3. The number of imidazole rings is 1. The summed E-state index contributed by atoms with van der Waals surface area (Å²) in [6, 6.07) is 8.19. The van der Waals surface area contributed by atoms with Crippen molar-refractivity contribution < 1.29 is 9.59 Å². The van der Waals surface area contributed by atoms with Gasteiger partial charge < -0.3 is 14.8 Å². The number of hydrogen-bond donors (Lipinski definition) is 1. The van der Waals surface area contributed by atoms with Crippen molar-refractivity contribution in [3.63, 3.8) is 0 Å². The molecule has 1 aromatic carbocycles. The average molecular weight is 349 g/mol. The fourth-order valence-electron chi connectivity index (χ4n) is 3.24. The predicted molar refractivity (Wildman–Crippen MR) is 92.9 cm³/mol. The lowest BCUT2D eigenvalue weighted by Gasteiger charge is -2.33. The first-order valence-corrected chi connectivity index (χ1v) is 8.73. The summed E-state index contributed by atoms with van der Waals surface area (Å²) in [6.07, 6.45) is 5.67. The van der Waals surface area contributed by atoms with Crippen LogP contribution < -0.4 is 5.32 Å². The smallest absolute Gasteiger partial charge is 0.254 e. The Hall–Kier alpha value is -3.14. The SMILES string of the molecule is N#Cc1cccc(C(=O)N2Cc3cncn3C(C(=O)NCC3CC3)C2)c1. The standard InChI is InChI=1S/C19H19N5O2/c20-7-14-2-1-3-15(6-14)19(26)23-10-16-9-21-12-24(16)17(11-23)18(25)22-8-13-4-5-13/h1-3,6,9,12-13,17H,4-5,8,10-11H2,(H,22,25). The maximum atomic E-state index is 12.9. The molecule has 26 heavy (non-hydrogen) atoms. The summed E-state index contributed by atoms with van der Waals surface area (Å²) in [4.78, 5) is 31.3. The van der Waals surface area contributed by atoms with Crippen molar-refractivity contribution >= 4 is 11.8 Å². The van der Waals surface area contributed by atoms with Crippen molar-refractivity contribution in [3.05, 3.63) is 53.6 Å². The summed E-state index contributed by atoms with van der Waals surface area (Å²) in [5.74, 6) is 0.324. The highest BCUT2D eigenvalue weighted by Gasteiger charge is 2.33. The molecule has 1 aliphatic heterocycles.